The quantitative estimate of drug-likeness (QED) is 0.845. The molecule has 15 heavy (non-hydrogen) atoms. The van der Waals surface area contributed by atoms with E-state index < -0.39 is 0 Å². The van der Waals surface area contributed by atoms with Gasteiger partial charge in [0.05, 0.1) is 12.8 Å². The standard InChI is InChI=1S/C10H12N2O2S/c13-9(12-10-11-5-7-15-10)4-3-8-2-1-6-14-8/h1-2,6H,3-5,7H2,(H,11,12,13). The molecule has 1 aliphatic heterocycles. The van der Waals surface area contributed by atoms with Gasteiger partial charge in [0.25, 0.3) is 0 Å². The minimum atomic E-state index is -0.000417. The molecule has 0 aromatic carbocycles. The highest BCUT2D eigenvalue weighted by Crippen LogP contribution is 2.09. The van der Waals surface area contributed by atoms with Crippen LogP contribution in [0.15, 0.2) is 27.8 Å². The number of nitrogens with zero attached hydrogens (tertiary/aromatic N) is 1. The van der Waals surface area contributed by atoms with Crippen LogP contribution in [0.1, 0.15) is 12.2 Å². The summed E-state index contributed by atoms with van der Waals surface area (Å²) in [5.41, 5.74) is 0. The molecule has 0 aliphatic carbocycles. The van der Waals surface area contributed by atoms with Gasteiger partial charge in [0, 0.05) is 18.6 Å². The molecule has 0 saturated carbocycles. The van der Waals surface area contributed by atoms with Crippen molar-refractivity contribution in [1.82, 2.24) is 5.32 Å². The molecular weight excluding hydrogens is 212 g/mol. The average molecular weight is 224 g/mol. The van der Waals surface area contributed by atoms with Gasteiger partial charge in [0.1, 0.15) is 5.76 Å². The summed E-state index contributed by atoms with van der Waals surface area (Å²) < 4.78 is 5.14. The van der Waals surface area contributed by atoms with Crippen molar-refractivity contribution in [2.24, 2.45) is 4.99 Å². The SMILES string of the molecule is O=C(CCc1ccco1)NC1=NCCS1. The van der Waals surface area contributed by atoms with Crippen LogP contribution in [-0.2, 0) is 11.2 Å². The Morgan fingerprint density at radius 3 is 3.27 bits per heavy atom. The average Bonchev–Trinajstić information content (AvgIpc) is 2.86. The maximum atomic E-state index is 11.4. The van der Waals surface area contributed by atoms with Crippen molar-refractivity contribution in [2.75, 3.05) is 12.3 Å². The Kier molecular flexibility index (Phi) is 3.45. The number of aliphatic imine (C=N–C) groups is 1. The lowest BCUT2D eigenvalue weighted by molar-refractivity contribution is -0.119. The minimum absolute atomic E-state index is 0.000417. The second-order valence-electron chi connectivity index (χ2n) is 3.16. The third-order valence-corrected chi connectivity index (χ3v) is 2.90. The summed E-state index contributed by atoms with van der Waals surface area (Å²) in [6.07, 6.45) is 2.69. The van der Waals surface area contributed by atoms with Crippen LogP contribution in [0.25, 0.3) is 0 Å². The molecule has 1 amide bonds. The van der Waals surface area contributed by atoms with E-state index in [1.165, 1.54) is 0 Å². The smallest absolute Gasteiger partial charge is 0.226 e. The lowest BCUT2D eigenvalue weighted by atomic mass is 10.2. The number of carbonyl (C=O) groups excluding carboxylic acids is 1. The highest BCUT2D eigenvalue weighted by molar-refractivity contribution is 8.14. The Morgan fingerprint density at radius 1 is 1.67 bits per heavy atom. The normalized spacial score (nSPS) is 15.1. The fourth-order valence-corrected chi connectivity index (χ4v) is 2.03. The zero-order valence-corrected chi connectivity index (χ0v) is 9.05. The van der Waals surface area contributed by atoms with E-state index >= 15 is 0 Å². The van der Waals surface area contributed by atoms with Gasteiger partial charge in [0.2, 0.25) is 5.91 Å². The van der Waals surface area contributed by atoms with E-state index in [2.05, 4.69) is 10.3 Å². The van der Waals surface area contributed by atoms with Crippen molar-refractivity contribution < 1.29 is 9.21 Å². The minimum Gasteiger partial charge on any atom is -0.469 e. The van der Waals surface area contributed by atoms with E-state index in [1.807, 2.05) is 12.1 Å². The summed E-state index contributed by atoms with van der Waals surface area (Å²) in [7, 11) is 0. The van der Waals surface area contributed by atoms with E-state index in [4.69, 9.17) is 4.42 Å². The molecule has 0 radical (unpaired) electrons. The molecule has 0 unspecified atom stereocenters. The van der Waals surface area contributed by atoms with Gasteiger partial charge in [0.15, 0.2) is 5.17 Å². The molecule has 0 fully saturated rings. The lowest BCUT2D eigenvalue weighted by Crippen LogP contribution is -2.27. The van der Waals surface area contributed by atoms with Crippen LogP contribution in [-0.4, -0.2) is 23.4 Å². The van der Waals surface area contributed by atoms with Crippen molar-refractivity contribution in [3.05, 3.63) is 24.2 Å². The maximum absolute atomic E-state index is 11.4. The van der Waals surface area contributed by atoms with Gasteiger partial charge in [-0.2, -0.15) is 0 Å². The molecule has 0 spiro atoms. The first kappa shape index (κ1) is 10.3. The first-order valence-electron chi connectivity index (χ1n) is 4.84. The number of rotatable bonds is 3. The highest BCUT2D eigenvalue weighted by Gasteiger charge is 2.10. The summed E-state index contributed by atoms with van der Waals surface area (Å²) in [4.78, 5) is 15.6. The summed E-state index contributed by atoms with van der Waals surface area (Å²) >= 11 is 1.59. The van der Waals surface area contributed by atoms with Crippen LogP contribution in [0, 0.1) is 0 Å². The molecule has 1 aromatic heterocycles. The molecule has 1 aliphatic rings. The van der Waals surface area contributed by atoms with Crippen LogP contribution in [0.5, 0.6) is 0 Å². The maximum Gasteiger partial charge on any atom is 0.226 e. The molecule has 80 valence electrons. The van der Waals surface area contributed by atoms with E-state index in [-0.39, 0.29) is 5.91 Å². The number of nitrogens with one attached hydrogen (secondary N) is 1. The summed E-state index contributed by atoms with van der Waals surface area (Å²) in [5.74, 6) is 1.80. The summed E-state index contributed by atoms with van der Waals surface area (Å²) in [6.45, 7) is 0.804. The largest absolute Gasteiger partial charge is 0.469 e. The zero-order valence-electron chi connectivity index (χ0n) is 8.23. The molecule has 2 rings (SSSR count). The van der Waals surface area contributed by atoms with Gasteiger partial charge in [-0.1, -0.05) is 11.8 Å². The molecule has 5 heteroatoms. The number of carbonyl (C=O) groups is 1. The molecule has 4 nitrogen and oxygen atoms in total. The van der Waals surface area contributed by atoms with Gasteiger partial charge in [-0.05, 0) is 12.1 Å². The molecule has 0 bridgehead atoms. The monoisotopic (exact) mass is 224 g/mol. The Morgan fingerprint density at radius 2 is 2.60 bits per heavy atom. The van der Waals surface area contributed by atoms with Crippen LogP contribution < -0.4 is 5.32 Å². The molecule has 0 saturated heterocycles. The summed E-state index contributed by atoms with van der Waals surface area (Å²) in [5, 5.41) is 3.52. The lowest BCUT2D eigenvalue weighted by Gasteiger charge is -2.02. The van der Waals surface area contributed by atoms with Gasteiger partial charge in [-0.25, -0.2) is 0 Å². The van der Waals surface area contributed by atoms with Crippen molar-refractivity contribution in [1.29, 1.82) is 0 Å². The fraction of sp³-hybridized carbons (Fsp3) is 0.400. The number of hydrogen-bond acceptors (Lipinski definition) is 4. The van der Waals surface area contributed by atoms with Crippen molar-refractivity contribution in [3.63, 3.8) is 0 Å². The number of hydrogen-bond donors (Lipinski definition) is 1. The topological polar surface area (TPSA) is 54.6 Å². The van der Waals surface area contributed by atoms with Crippen molar-refractivity contribution in [2.45, 2.75) is 12.8 Å². The fourth-order valence-electron chi connectivity index (χ4n) is 1.28. The Labute approximate surface area is 92.1 Å². The van der Waals surface area contributed by atoms with E-state index in [0.29, 0.717) is 12.8 Å². The van der Waals surface area contributed by atoms with Gasteiger partial charge in [-0.3, -0.25) is 9.79 Å². The highest BCUT2D eigenvalue weighted by atomic mass is 32.2. The van der Waals surface area contributed by atoms with Crippen molar-refractivity contribution >= 4 is 22.8 Å². The third kappa shape index (κ3) is 3.13. The Hall–Kier alpha value is -1.23. The molecule has 1 aromatic rings. The van der Waals surface area contributed by atoms with Crippen LogP contribution in [0.2, 0.25) is 0 Å². The van der Waals surface area contributed by atoms with E-state index in [9.17, 15) is 4.79 Å². The van der Waals surface area contributed by atoms with Crippen molar-refractivity contribution in [3.8, 4) is 0 Å². The molecule has 2 heterocycles. The predicted octanol–water partition coefficient (Wildman–Crippen LogP) is 1.43. The number of aryl methyl sites for hydroxylation is 1. The van der Waals surface area contributed by atoms with Crippen LogP contribution in [0.4, 0.5) is 0 Å². The molecular formula is C10H12N2O2S. The first-order chi connectivity index (χ1) is 7.34. The van der Waals surface area contributed by atoms with E-state index in [1.54, 1.807) is 18.0 Å². The zero-order chi connectivity index (χ0) is 10.5. The first-order valence-corrected chi connectivity index (χ1v) is 5.82. The van der Waals surface area contributed by atoms with Gasteiger partial charge < -0.3 is 9.73 Å². The van der Waals surface area contributed by atoms with Gasteiger partial charge in [-0.15, -0.1) is 0 Å². The second kappa shape index (κ2) is 5.02. The Bertz CT molecular complexity index is 360. The third-order valence-electron chi connectivity index (χ3n) is 2.01. The number of furan rings is 1. The molecule has 0 atom stereocenters. The summed E-state index contributed by atoms with van der Waals surface area (Å²) in [6, 6.07) is 3.69. The Balaban J connectivity index is 1.73. The number of amides is 1. The predicted molar refractivity (Wildman–Crippen MR) is 59.9 cm³/mol. The second-order valence-corrected chi connectivity index (χ2v) is 4.25. The van der Waals surface area contributed by atoms with Crippen LogP contribution in [0.3, 0.4) is 0 Å². The van der Waals surface area contributed by atoms with Crippen LogP contribution >= 0.6 is 11.8 Å². The number of thioether (sulfide) groups is 1. The number of amidine groups is 1. The molecule has 1 N–H and O–H groups in total. The van der Waals surface area contributed by atoms with Gasteiger partial charge >= 0.3 is 0 Å². The van der Waals surface area contributed by atoms with E-state index in [0.717, 1.165) is 23.2 Å².